The van der Waals surface area contributed by atoms with Crippen molar-refractivity contribution in [1.29, 1.82) is 0 Å². The highest BCUT2D eigenvalue weighted by Gasteiger charge is 1.97. The second-order valence-corrected chi connectivity index (χ2v) is 2.40. The Morgan fingerprint density at radius 1 is 1.07 bits per heavy atom. The molecule has 1 aromatic carbocycles. The average Bonchev–Trinajstić information content (AvgIpc) is 2.18. The molecule has 0 fully saturated rings. The molecule has 0 spiro atoms. The minimum absolute atomic E-state index is 0.640. The topological polar surface area (TPSA) is 44.5 Å². The second kappa shape index (κ2) is 6.63. The minimum Gasteiger partial charge on any atom is -0.497 e. The number of ether oxygens (including phenoxy) is 2. The van der Waals surface area contributed by atoms with Crippen LogP contribution in [-0.2, 0) is 0 Å². The summed E-state index contributed by atoms with van der Waals surface area (Å²) < 4.78 is 9.96. The van der Waals surface area contributed by atoms with E-state index in [1.54, 1.807) is 32.4 Å². The molecule has 3 heteroatoms. The largest absolute Gasteiger partial charge is 0.497 e. The second-order valence-electron chi connectivity index (χ2n) is 2.40. The minimum atomic E-state index is 0.640. The quantitative estimate of drug-likeness (QED) is 0.578. The molecule has 0 aliphatic heterocycles. The summed E-state index contributed by atoms with van der Waals surface area (Å²) in [5, 5.41) is 0. The van der Waals surface area contributed by atoms with E-state index in [0.717, 1.165) is 0 Å². The fourth-order valence-corrected chi connectivity index (χ4v) is 0.829. The molecule has 0 amide bonds. The molecule has 0 saturated carbocycles. The van der Waals surface area contributed by atoms with Crippen molar-refractivity contribution in [3.63, 3.8) is 0 Å². The standard InChI is InChI=1S/C8H11NO2.C3H4/c1-10-7-3-6(9)4-8(5-7)11-2;1-3-2/h3-5H,9H2,1-2H3;1-2H2. The molecule has 0 bridgehead atoms. The highest BCUT2D eigenvalue weighted by atomic mass is 16.5. The molecular weight excluding hydrogens is 178 g/mol. The van der Waals surface area contributed by atoms with E-state index >= 15 is 0 Å². The summed E-state index contributed by atoms with van der Waals surface area (Å²) >= 11 is 0. The molecule has 14 heavy (non-hydrogen) atoms. The van der Waals surface area contributed by atoms with Gasteiger partial charge in [-0.05, 0) is 0 Å². The van der Waals surface area contributed by atoms with Gasteiger partial charge in [0.1, 0.15) is 11.5 Å². The van der Waals surface area contributed by atoms with Crippen LogP contribution in [0.4, 0.5) is 5.69 Å². The molecule has 0 atom stereocenters. The van der Waals surface area contributed by atoms with Gasteiger partial charge >= 0.3 is 0 Å². The van der Waals surface area contributed by atoms with Crippen LogP contribution in [0.1, 0.15) is 0 Å². The van der Waals surface area contributed by atoms with E-state index < -0.39 is 0 Å². The van der Waals surface area contributed by atoms with Crippen LogP contribution in [0, 0.1) is 0 Å². The summed E-state index contributed by atoms with van der Waals surface area (Å²) in [5.74, 6) is 1.42. The van der Waals surface area contributed by atoms with Gasteiger partial charge in [0, 0.05) is 23.9 Å². The Labute approximate surface area is 84.4 Å². The number of hydrogen-bond acceptors (Lipinski definition) is 3. The maximum absolute atomic E-state index is 5.55. The van der Waals surface area contributed by atoms with Crippen LogP contribution in [0.25, 0.3) is 0 Å². The number of anilines is 1. The Kier molecular flexibility index (Phi) is 5.75. The number of hydrogen-bond donors (Lipinski definition) is 1. The van der Waals surface area contributed by atoms with Crippen molar-refractivity contribution in [3.05, 3.63) is 37.1 Å². The Bertz CT molecular complexity index is 293. The lowest BCUT2D eigenvalue weighted by atomic mass is 10.3. The Hall–Kier alpha value is -1.86. The molecule has 2 N–H and O–H groups in total. The van der Waals surface area contributed by atoms with Gasteiger partial charge in [-0.2, -0.15) is 0 Å². The van der Waals surface area contributed by atoms with Crippen LogP contribution in [-0.4, -0.2) is 14.2 Å². The Balaban J connectivity index is 0.000000500. The van der Waals surface area contributed by atoms with Crippen molar-refractivity contribution in [1.82, 2.24) is 0 Å². The summed E-state index contributed by atoms with van der Waals surface area (Å²) in [6.45, 7) is 6.25. The number of benzene rings is 1. The molecule has 0 aliphatic carbocycles. The highest BCUT2D eigenvalue weighted by Crippen LogP contribution is 2.23. The van der Waals surface area contributed by atoms with Crippen LogP contribution in [0.2, 0.25) is 0 Å². The molecule has 0 unspecified atom stereocenters. The molecule has 76 valence electrons. The Morgan fingerprint density at radius 3 is 1.71 bits per heavy atom. The summed E-state index contributed by atoms with van der Waals surface area (Å²) in [5.41, 5.74) is 8.44. The summed E-state index contributed by atoms with van der Waals surface area (Å²) in [6.07, 6.45) is 0. The first kappa shape index (κ1) is 12.1. The molecule has 1 aromatic rings. The number of nitrogen functional groups attached to an aromatic ring is 1. The lowest BCUT2D eigenvalue weighted by molar-refractivity contribution is 0.395. The molecule has 0 radical (unpaired) electrons. The van der Waals surface area contributed by atoms with Crippen molar-refractivity contribution in [2.75, 3.05) is 20.0 Å². The summed E-state index contributed by atoms with van der Waals surface area (Å²) in [4.78, 5) is 0. The van der Waals surface area contributed by atoms with Crippen molar-refractivity contribution < 1.29 is 9.47 Å². The average molecular weight is 193 g/mol. The monoisotopic (exact) mass is 193 g/mol. The SMILES string of the molecule is C=C=C.COc1cc(N)cc(OC)c1. The lowest BCUT2D eigenvalue weighted by Crippen LogP contribution is -1.90. The highest BCUT2D eigenvalue weighted by molar-refractivity contribution is 5.50. The molecule has 3 nitrogen and oxygen atoms in total. The van der Waals surface area contributed by atoms with Crippen molar-refractivity contribution in [3.8, 4) is 11.5 Å². The van der Waals surface area contributed by atoms with Crippen LogP contribution in [0.5, 0.6) is 11.5 Å². The van der Waals surface area contributed by atoms with Crippen molar-refractivity contribution >= 4 is 5.69 Å². The van der Waals surface area contributed by atoms with Gasteiger partial charge in [0.15, 0.2) is 0 Å². The van der Waals surface area contributed by atoms with Crippen molar-refractivity contribution in [2.45, 2.75) is 0 Å². The maximum atomic E-state index is 5.55. The first-order chi connectivity index (χ1) is 6.67. The van der Waals surface area contributed by atoms with E-state index in [2.05, 4.69) is 18.9 Å². The lowest BCUT2D eigenvalue weighted by Gasteiger charge is -2.04. The molecule has 0 aromatic heterocycles. The van der Waals surface area contributed by atoms with Gasteiger partial charge in [0.25, 0.3) is 0 Å². The van der Waals surface area contributed by atoms with E-state index in [0.29, 0.717) is 17.2 Å². The van der Waals surface area contributed by atoms with E-state index in [9.17, 15) is 0 Å². The van der Waals surface area contributed by atoms with Gasteiger partial charge in [-0.3, -0.25) is 0 Å². The van der Waals surface area contributed by atoms with Crippen molar-refractivity contribution in [2.24, 2.45) is 0 Å². The zero-order chi connectivity index (χ0) is 11.0. The smallest absolute Gasteiger partial charge is 0.124 e. The van der Waals surface area contributed by atoms with E-state index in [1.165, 1.54) is 0 Å². The fourth-order valence-electron chi connectivity index (χ4n) is 0.829. The first-order valence-corrected chi connectivity index (χ1v) is 3.95. The zero-order valence-electron chi connectivity index (χ0n) is 8.54. The molecule has 0 aliphatic rings. The Morgan fingerprint density at radius 2 is 1.43 bits per heavy atom. The van der Waals surface area contributed by atoms with Gasteiger partial charge in [-0.25, -0.2) is 0 Å². The predicted molar refractivity (Wildman–Crippen MR) is 58.7 cm³/mol. The summed E-state index contributed by atoms with van der Waals surface area (Å²) in [6, 6.07) is 5.25. The number of rotatable bonds is 2. The third-order valence-corrected chi connectivity index (χ3v) is 1.37. The zero-order valence-corrected chi connectivity index (χ0v) is 8.54. The number of methoxy groups -OCH3 is 2. The predicted octanol–water partition coefficient (Wildman–Crippen LogP) is 2.24. The van der Waals surface area contributed by atoms with Gasteiger partial charge in [0.05, 0.1) is 14.2 Å². The van der Waals surface area contributed by atoms with E-state index in [1.807, 2.05) is 0 Å². The molecule has 0 heterocycles. The van der Waals surface area contributed by atoms with Crippen LogP contribution in [0.3, 0.4) is 0 Å². The van der Waals surface area contributed by atoms with E-state index in [-0.39, 0.29) is 0 Å². The van der Waals surface area contributed by atoms with Gasteiger partial charge < -0.3 is 15.2 Å². The van der Waals surface area contributed by atoms with Crippen LogP contribution < -0.4 is 15.2 Å². The van der Waals surface area contributed by atoms with Crippen LogP contribution >= 0.6 is 0 Å². The van der Waals surface area contributed by atoms with Gasteiger partial charge in [-0.15, -0.1) is 5.73 Å². The first-order valence-electron chi connectivity index (χ1n) is 3.95. The third-order valence-electron chi connectivity index (χ3n) is 1.37. The molecular formula is C11H15NO2. The fraction of sp³-hybridized carbons (Fsp3) is 0.182. The van der Waals surface area contributed by atoms with Gasteiger partial charge in [0.2, 0.25) is 0 Å². The van der Waals surface area contributed by atoms with Gasteiger partial charge in [-0.1, -0.05) is 13.2 Å². The summed E-state index contributed by atoms with van der Waals surface area (Å²) in [7, 11) is 3.18. The molecule has 0 saturated heterocycles. The van der Waals surface area contributed by atoms with Crippen LogP contribution in [0.15, 0.2) is 37.1 Å². The number of nitrogens with two attached hydrogens (primary N) is 1. The molecule has 1 rings (SSSR count). The van der Waals surface area contributed by atoms with E-state index in [4.69, 9.17) is 15.2 Å². The maximum Gasteiger partial charge on any atom is 0.124 e. The normalized spacial score (nSPS) is 7.86. The third kappa shape index (κ3) is 4.24.